The van der Waals surface area contributed by atoms with Gasteiger partial charge in [-0.1, -0.05) is 20.3 Å². The number of hydrogen-bond donors (Lipinski definition) is 3. The molecular weight excluding hydrogens is 242 g/mol. The van der Waals surface area contributed by atoms with Crippen molar-refractivity contribution in [2.24, 2.45) is 11.7 Å². The molecule has 0 heterocycles. The van der Waals surface area contributed by atoms with E-state index in [1.54, 1.807) is 0 Å². The van der Waals surface area contributed by atoms with Gasteiger partial charge in [0.25, 0.3) is 0 Å². The molecule has 0 radical (unpaired) electrons. The van der Waals surface area contributed by atoms with Crippen molar-refractivity contribution >= 4 is 11.8 Å². The maximum absolute atomic E-state index is 11.8. The Labute approximate surface area is 116 Å². The number of carbonyl (C=O) groups is 2. The first-order chi connectivity index (χ1) is 8.81. The smallest absolute Gasteiger partial charge is 0.220 e. The van der Waals surface area contributed by atoms with Crippen molar-refractivity contribution in [1.82, 2.24) is 10.6 Å². The Morgan fingerprint density at radius 1 is 1.21 bits per heavy atom. The van der Waals surface area contributed by atoms with Crippen LogP contribution in [-0.2, 0) is 9.59 Å². The molecule has 1 atom stereocenters. The zero-order valence-electron chi connectivity index (χ0n) is 12.7. The molecule has 0 fully saturated rings. The molecule has 0 saturated heterocycles. The van der Waals surface area contributed by atoms with Crippen molar-refractivity contribution in [2.75, 3.05) is 13.1 Å². The van der Waals surface area contributed by atoms with Gasteiger partial charge in [-0.15, -0.1) is 0 Å². The monoisotopic (exact) mass is 271 g/mol. The summed E-state index contributed by atoms with van der Waals surface area (Å²) >= 11 is 0. The quantitative estimate of drug-likeness (QED) is 0.550. The number of nitrogens with two attached hydrogens (primary N) is 1. The van der Waals surface area contributed by atoms with Crippen LogP contribution in [0.2, 0.25) is 0 Å². The first-order valence-electron chi connectivity index (χ1n) is 7.07. The molecule has 0 rings (SSSR count). The van der Waals surface area contributed by atoms with E-state index >= 15 is 0 Å². The van der Waals surface area contributed by atoms with E-state index in [0.29, 0.717) is 25.4 Å². The maximum atomic E-state index is 11.8. The summed E-state index contributed by atoms with van der Waals surface area (Å²) in [5.74, 6) is 0.357. The van der Waals surface area contributed by atoms with Crippen molar-refractivity contribution in [3.63, 3.8) is 0 Å². The van der Waals surface area contributed by atoms with E-state index in [0.717, 1.165) is 19.3 Å². The Hall–Kier alpha value is -1.10. The van der Waals surface area contributed by atoms with Crippen molar-refractivity contribution in [3.05, 3.63) is 0 Å². The minimum absolute atomic E-state index is 0.00612. The molecule has 0 saturated carbocycles. The molecule has 19 heavy (non-hydrogen) atoms. The van der Waals surface area contributed by atoms with Gasteiger partial charge in [-0.3, -0.25) is 9.59 Å². The third-order valence-electron chi connectivity index (χ3n) is 3.58. The molecule has 0 aromatic heterocycles. The van der Waals surface area contributed by atoms with Crippen LogP contribution in [-0.4, -0.2) is 30.4 Å². The number of carbonyl (C=O) groups excluding carboxylic acids is 2. The first-order valence-corrected chi connectivity index (χ1v) is 7.07. The summed E-state index contributed by atoms with van der Waals surface area (Å²) in [6, 6.07) is 0. The minimum Gasteiger partial charge on any atom is -0.356 e. The summed E-state index contributed by atoms with van der Waals surface area (Å²) in [5, 5.41) is 5.76. The fourth-order valence-corrected chi connectivity index (χ4v) is 1.66. The first kappa shape index (κ1) is 17.9. The second-order valence-electron chi connectivity index (χ2n) is 5.62. The number of hydrogen-bond acceptors (Lipinski definition) is 3. The van der Waals surface area contributed by atoms with Crippen LogP contribution >= 0.6 is 0 Å². The summed E-state index contributed by atoms with van der Waals surface area (Å²) in [6.45, 7) is 8.73. The molecule has 0 aromatic carbocycles. The average molecular weight is 271 g/mol. The van der Waals surface area contributed by atoms with Crippen LogP contribution < -0.4 is 16.4 Å². The zero-order valence-corrected chi connectivity index (χ0v) is 12.7. The van der Waals surface area contributed by atoms with E-state index in [1.165, 1.54) is 6.92 Å². The topological polar surface area (TPSA) is 84.2 Å². The second-order valence-corrected chi connectivity index (χ2v) is 5.62. The lowest BCUT2D eigenvalue weighted by Gasteiger charge is -2.33. The Bertz CT molecular complexity index is 292. The largest absolute Gasteiger partial charge is 0.356 e. The average Bonchev–Trinajstić information content (AvgIpc) is 2.32. The Balaban J connectivity index is 3.78. The molecule has 0 aliphatic heterocycles. The van der Waals surface area contributed by atoms with Gasteiger partial charge in [0.2, 0.25) is 11.8 Å². The van der Waals surface area contributed by atoms with Crippen LogP contribution in [0.15, 0.2) is 0 Å². The van der Waals surface area contributed by atoms with Crippen LogP contribution in [0.1, 0.15) is 53.4 Å². The summed E-state index contributed by atoms with van der Waals surface area (Å²) in [7, 11) is 0. The van der Waals surface area contributed by atoms with Gasteiger partial charge in [-0.05, 0) is 25.7 Å². The van der Waals surface area contributed by atoms with Crippen LogP contribution in [0.5, 0.6) is 0 Å². The SMILES string of the molecule is CC(=O)NCCCCCC(=O)NC(C)(CN)C(C)C. The van der Waals surface area contributed by atoms with E-state index in [-0.39, 0.29) is 17.4 Å². The number of amides is 2. The molecule has 0 spiro atoms. The number of unbranched alkanes of at least 4 members (excludes halogenated alkanes) is 2. The van der Waals surface area contributed by atoms with E-state index in [2.05, 4.69) is 24.5 Å². The number of nitrogens with one attached hydrogen (secondary N) is 2. The van der Waals surface area contributed by atoms with E-state index in [1.807, 2.05) is 6.92 Å². The molecular formula is C14H29N3O2. The number of rotatable bonds is 9. The van der Waals surface area contributed by atoms with Gasteiger partial charge in [0.1, 0.15) is 0 Å². The third kappa shape index (κ3) is 7.82. The normalized spacial score (nSPS) is 14.0. The molecule has 5 heteroatoms. The Kier molecular flexibility index (Phi) is 8.39. The van der Waals surface area contributed by atoms with Crippen molar-refractivity contribution in [1.29, 1.82) is 0 Å². The molecule has 2 amide bonds. The molecule has 112 valence electrons. The van der Waals surface area contributed by atoms with Crippen molar-refractivity contribution in [2.45, 2.75) is 58.9 Å². The zero-order chi connectivity index (χ0) is 14.9. The minimum atomic E-state index is -0.326. The van der Waals surface area contributed by atoms with Crippen LogP contribution in [0, 0.1) is 5.92 Å². The lowest BCUT2D eigenvalue weighted by atomic mass is 9.88. The summed E-state index contributed by atoms with van der Waals surface area (Å²) in [4.78, 5) is 22.5. The van der Waals surface area contributed by atoms with E-state index < -0.39 is 0 Å². The van der Waals surface area contributed by atoms with Gasteiger partial charge in [0, 0.05) is 26.4 Å². The van der Waals surface area contributed by atoms with Gasteiger partial charge in [0.05, 0.1) is 5.54 Å². The van der Waals surface area contributed by atoms with Gasteiger partial charge in [-0.2, -0.15) is 0 Å². The highest BCUT2D eigenvalue weighted by Crippen LogP contribution is 2.15. The highest BCUT2D eigenvalue weighted by Gasteiger charge is 2.27. The van der Waals surface area contributed by atoms with Crippen LogP contribution in [0.25, 0.3) is 0 Å². The standard InChI is InChI=1S/C14H29N3O2/c1-11(2)14(4,10-15)17-13(19)8-6-5-7-9-16-12(3)18/h11H,5-10,15H2,1-4H3,(H,16,18)(H,17,19). The lowest BCUT2D eigenvalue weighted by Crippen LogP contribution is -2.54. The molecule has 4 N–H and O–H groups in total. The molecule has 0 aliphatic rings. The van der Waals surface area contributed by atoms with Gasteiger partial charge in [-0.25, -0.2) is 0 Å². The third-order valence-corrected chi connectivity index (χ3v) is 3.58. The summed E-state index contributed by atoms with van der Waals surface area (Å²) in [5.41, 5.74) is 5.40. The van der Waals surface area contributed by atoms with Crippen molar-refractivity contribution in [3.8, 4) is 0 Å². The molecule has 0 bridgehead atoms. The van der Waals surface area contributed by atoms with E-state index in [9.17, 15) is 9.59 Å². The fraction of sp³-hybridized carbons (Fsp3) is 0.857. The summed E-state index contributed by atoms with van der Waals surface area (Å²) in [6.07, 6.45) is 3.20. The van der Waals surface area contributed by atoms with E-state index in [4.69, 9.17) is 5.73 Å². The highest BCUT2D eigenvalue weighted by molar-refractivity contribution is 5.76. The predicted octanol–water partition coefficient (Wildman–Crippen LogP) is 1.17. The Morgan fingerprint density at radius 2 is 1.84 bits per heavy atom. The highest BCUT2D eigenvalue weighted by atomic mass is 16.2. The molecule has 0 aromatic rings. The molecule has 0 aliphatic carbocycles. The lowest BCUT2D eigenvalue weighted by molar-refractivity contribution is -0.123. The maximum Gasteiger partial charge on any atom is 0.220 e. The van der Waals surface area contributed by atoms with Crippen LogP contribution in [0.3, 0.4) is 0 Å². The van der Waals surface area contributed by atoms with Crippen LogP contribution in [0.4, 0.5) is 0 Å². The molecule has 5 nitrogen and oxygen atoms in total. The fourth-order valence-electron chi connectivity index (χ4n) is 1.66. The van der Waals surface area contributed by atoms with Gasteiger partial charge >= 0.3 is 0 Å². The Morgan fingerprint density at radius 3 is 2.32 bits per heavy atom. The van der Waals surface area contributed by atoms with Gasteiger partial charge < -0.3 is 16.4 Å². The second kappa shape index (κ2) is 8.91. The van der Waals surface area contributed by atoms with Crippen molar-refractivity contribution < 1.29 is 9.59 Å². The summed E-state index contributed by atoms with van der Waals surface area (Å²) < 4.78 is 0. The predicted molar refractivity (Wildman–Crippen MR) is 77.6 cm³/mol. The molecule has 1 unspecified atom stereocenters. The van der Waals surface area contributed by atoms with Gasteiger partial charge in [0.15, 0.2) is 0 Å².